The molecule has 0 spiro atoms. The number of benzene rings is 2. The molecular weight excluding hydrogens is 342 g/mol. The third-order valence-electron chi connectivity index (χ3n) is 4.43. The van der Waals surface area contributed by atoms with Crippen molar-refractivity contribution in [1.29, 1.82) is 0 Å². The molecule has 2 aromatic rings. The number of nitrogens with two attached hydrogens (primary N) is 1. The number of anilines is 1. The monoisotopic (exact) mass is 369 g/mol. The topological polar surface area (TPSA) is 78.1 Å². The van der Waals surface area contributed by atoms with Crippen molar-refractivity contribution >= 4 is 11.6 Å². The molecule has 2 aromatic carbocycles. The van der Waals surface area contributed by atoms with Crippen molar-refractivity contribution in [2.24, 2.45) is 10.7 Å². The summed E-state index contributed by atoms with van der Waals surface area (Å²) < 4.78 is 16.9. The van der Waals surface area contributed by atoms with Crippen LogP contribution < -0.4 is 20.5 Å². The van der Waals surface area contributed by atoms with Crippen molar-refractivity contribution in [3.05, 3.63) is 53.6 Å². The highest BCUT2D eigenvalue weighted by Crippen LogP contribution is 2.23. The van der Waals surface area contributed by atoms with Crippen LogP contribution in [-0.4, -0.2) is 32.4 Å². The van der Waals surface area contributed by atoms with Crippen LogP contribution in [-0.2, 0) is 11.3 Å². The maximum absolute atomic E-state index is 6.04. The van der Waals surface area contributed by atoms with Gasteiger partial charge in [0.1, 0.15) is 18.1 Å². The summed E-state index contributed by atoms with van der Waals surface area (Å²) in [6.45, 7) is 3.87. The van der Waals surface area contributed by atoms with Crippen molar-refractivity contribution in [3.8, 4) is 11.5 Å². The standard InChI is InChI=1S/C21H27N3O3/c1-15-8-9-16(20(11-15)27-14-19-7-4-10-26-19)13-23-21(22)24-17-5-3-6-18(12-17)25-2/h3,5-6,8-9,11-12,19H,4,7,10,13-14H2,1-2H3,(H3,22,23,24). The summed E-state index contributed by atoms with van der Waals surface area (Å²) in [5.74, 6) is 1.94. The summed E-state index contributed by atoms with van der Waals surface area (Å²) in [5, 5.41) is 3.08. The lowest BCUT2D eigenvalue weighted by molar-refractivity contribution is 0.0676. The van der Waals surface area contributed by atoms with Crippen molar-refractivity contribution in [1.82, 2.24) is 0 Å². The van der Waals surface area contributed by atoms with Gasteiger partial charge in [-0.25, -0.2) is 4.99 Å². The molecule has 6 nitrogen and oxygen atoms in total. The molecule has 27 heavy (non-hydrogen) atoms. The first-order chi connectivity index (χ1) is 13.1. The van der Waals surface area contributed by atoms with E-state index in [2.05, 4.69) is 16.4 Å². The average molecular weight is 369 g/mol. The highest BCUT2D eigenvalue weighted by atomic mass is 16.5. The molecule has 0 aliphatic carbocycles. The van der Waals surface area contributed by atoms with Crippen molar-refractivity contribution < 1.29 is 14.2 Å². The van der Waals surface area contributed by atoms with Gasteiger partial charge < -0.3 is 25.3 Å². The first-order valence-electron chi connectivity index (χ1n) is 9.19. The third-order valence-corrected chi connectivity index (χ3v) is 4.43. The summed E-state index contributed by atoms with van der Waals surface area (Å²) in [6.07, 6.45) is 2.34. The third kappa shape index (κ3) is 5.62. The lowest BCUT2D eigenvalue weighted by Crippen LogP contribution is -2.22. The summed E-state index contributed by atoms with van der Waals surface area (Å²) in [6, 6.07) is 13.7. The fourth-order valence-electron chi connectivity index (χ4n) is 2.94. The number of aryl methyl sites for hydroxylation is 1. The van der Waals surface area contributed by atoms with Crippen LogP contribution in [0.4, 0.5) is 5.69 Å². The molecule has 0 saturated carbocycles. The zero-order valence-corrected chi connectivity index (χ0v) is 15.9. The predicted octanol–water partition coefficient (Wildman–Crippen LogP) is 3.49. The molecule has 0 radical (unpaired) electrons. The number of aliphatic imine (C=N–C) groups is 1. The van der Waals surface area contributed by atoms with Gasteiger partial charge in [0.05, 0.1) is 19.8 Å². The van der Waals surface area contributed by atoms with Gasteiger partial charge in [-0.15, -0.1) is 0 Å². The van der Waals surface area contributed by atoms with E-state index < -0.39 is 0 Å². The van der Waals surface area contributed by atoms with Gasteiger partial charge in [-0.3, -0.25) is 0 Å². The van der Waals surface area contributed by atoms with Crippen molar-refractivity contribution in [3.63, 3.8) is 0 Å². The average Bonchev–Trinajstić information content (AvgIpc) is 3.19. The maximum atomic E-state index is 6.04. The molecule has 1 saturated heterocycles. The fraction of sp³-hybridized carbons (Fsp3) is 0.381. The number of hydrogen-bond donors (Lipinski definition) is 2. The summed E-state index contributed by atoms with van der Waals surface area (Å²) in [7, 11) is 1.63. The Hall–Kier alpha value is -2.73. The number of nitrogens with zero attached hydrogens (tertiary/aromatic N) is 1. The van der Waals surface area contributed by atoms with E-state index in [1.165, 1.54) is 0 Å². The molecular formula is C21H27N3O3. The number of rotatable bonds is 7. The van der Waals surface area contributed by atoms with E-state index >= 15 is 0 Å². The SMILES string of the molecule is COc1cccc(NC(N)=NCc2ccc(C)cc2OCC2CCCO2)c1. The van der Waals surface area contributed by atoms with Crippen molar-refractivity contribution in [2.75, 3.05) is 25.6 Å². The lowest BCUT2D eigenvalue weighted by atomic mass is 10.1. The Bertz CT molecular complexity index is 786. The Morgan fingerprint density at radius 2 is 2.19 bits per heavy atom. The summed E-state index contributed by atoms with van der Waals surface area (Å²) >= 11 is 0. The van der Waals surface area contributed by atoms with Crippen LogP contribution >= 0.6 is 0 Å². The van der Waals surface area contributed by atoms with Crippen LogP contribution in [0, 0.1) is 6.92 Å². The van der Waals surface area contributed by atoms with E-state index in [1.54, 1.807) is 7.11 Å². The van der Waals surface area contributed by atoms with E-state index in [1.807, 2.05) is 43.3 Å². The van der Waals surface area contributed by atoms with Gasteiger partial charge in [-0.1, -0.05) is 18.2 Å². The Balaban J connectivity index is 1.63. The second kappa shape index (κ2) is 9.28. The molecule has 0 amide bonds. The minimum Gasteiger partial charge on any atom is -0.497 e. The Labute approximate surface area is 160 Å². The highest BCUT2D eigenvalue weighted by Gasteiger charge is 2.16. The van der Waals surface area contributed by atoms with Crippen LogP contribution in [0.1, 0.15) is 24.0 Å². The smallest absolute Gasteiger partial charge is 0.193 e. The molecule has 1 unspecified atom stereocenters. The Morgan fingerprint density at radius 1 is 1.30 bits per heavy atom. The molecule has 0 aromatic heterocycles. The second-order valence-electron chi connectivity index (χ2n) is 6.62. The maximum Gasteiger partial charge on any atom is 0.193 e. The Morgan fingerprint density at radius 3 is 2.96 bits per heavy atom. The first-order valence-corrected chi connectivity index (χ1v) is 9.19. The number of ether oxygens (including phenoxy) is 3. The zero-order valence-electron chi connectivity index (χ0n) is 15.9. The lowest BCUT2D eigenvalue weighted by Gasteiger charge is -2.15. The quantitative estimate of drug-likeness (QED) is 0.577. The van der Waals surface area contributed by atoms with Crippen LogP contribution in [0.5, 0.6) is 11.5 Å². The summed E-state index contributed by atoms with van der Waals surface area (Å²) in [5.41, 5.74) is 9.00. The van der Waals surface area contributed by atoms with Gasteiger partial charge >= 0.3 is 0 Å². The van der Waals surface area contributed by atoms with E-state index in [0.717, 1.165) is 47.8 Å². The minimum atomic E-state index is 0.182. The molecule has 1 atom stereocenters. The van der Waals surface area contributed by atoms with Crippen LogP contribution in [0.15, 0.2) is 47.5 Å². The van der Waals surface area contributed by atoms with Gasteiger partial charge in [0, 0.05) is 23.9 Å². The molecule has 1 aliphatic heterocycles. The number of hydrogen-bond acceptors (Lipinski definition) is 4. The number of nitrogens with one attached hydrogen (secondary N) is 1. The fourth-order valence-corrected chi connectivity index (χ4v) is 2.94. The van der Waals surface area contributed by atoms with Gasteiger partial charge in [-0.2, -0.15) is 0 Å². The number of methoxy groups -OCH3 is 1. The molecule has 3 rings (SSSR count). The molecule has 1 fully saturated rings. The first kappa shape index (κ1) is 19.0. The number of guanidine groups is 1. The van der Waals surface area contributed by atoms with E-state index in [0.29, 0.717) is 19.1 Å². The van der Waals surface area contributed by atoms with Crippen molar-refractivity contribution in [2.45, 2.75) is 32.4 Å². The molecule has 1 aliphatic rings. The minimum absolute atomic E-state index is 0.182. The van der Waals surface area contributed by atoms with Gasteiger partial charge in [0.15, 0.2) is 5.96 Å². The molecule has 3 N–H and O–H groups in total. The van der Waals surface area contributed by atoms with E-state index in [-0.39, 0.29) is 6.10 Å². The van der Waals surface area contributed by atoms with Crippen LogP contribution in [0.25, 0.3) is 0 Å². The largest absolute Gasteiger partial charge is 0.497 e. The molecule has 1 heterocycles. The predicted molar refractivity (Wildman–Crippen MR) is 108 cm³/mol. The van der Waals surface area contributed by atoms with Gasteiger partial charge in [0.25, 0.3) is 0 Å². The van der Waals surface area contributed by atoms with Crippen LogP contribution in [0.2, 0.25) is 0 Å². The highest BCUT2D eigenvalue weighted by molar-refractivity contribution is 5.92. The zero-order chi connectivity index (χ0) is 19.1. The van der Waals surface area contributed by atoms with Gasteiger partial charge in [0.2, 0.25) is 0 Å². The molecule has 6 heteroatoms. The van der Waals surface area contributed by atoms with E-state index in [9.17, 15) is 0 Å². The normalized spacial score (nSPS) is 17.0. The van der Waals surface area contributed by atoms with Crippen LogP contribution in [0.3, 0.4) is 0 Å². The summed E-state index contributed by atoms with van der Waals surface area (Å²) in [4.78, 5) is 4.45. The molecule has 144 valence electrons. The Kier molecular flexibility index (Phi) is 6.54. The second-order valence-corrected chi connectivity index (χ2v) is 6.62. The molecule has 0 bridgehead atoms. The van der Waals surface area contributed by atoms with Gasteiger partial charge in [-0.05, 0) is 43.5 Å². The van der Waals surface area contributed by atoms with E-state index in [4.69, 9.17) is 19.9 Å².